The normalized spacial score (nSPS) is 10.2. The van der Waals surface area contributed by atoms with Crippen LogP contribution in [0.25, 0.3) is 0 Å². The SMILES string of the molecule is Cc1ccnc(N(CCC(=O)O)C(=O)c2cccs2)c1. The van der Waals surface area contributed by atoms with Crippen molar-refractivity contribution < 1.29 is 14.7 Å². The Bertz CT molecular complexity index is 611. The molecule has 0 saturated heterocycles. The Hall–Kier alpha value is -2.21. The van der Waals surface area contributed by atoms with Crippen LogP contribution < -0.4 is 4.90 Å². The van der Waals surface area contributed by atoms with Crippen molar-refractivity contribution in [3.63, 3.8) is 0 Å². The summed E-state index contributed by atoms with van der Waals surface area (Å²) in [5.41, 5.74) is 0.967. The third-order valence-corrected chi connectivity index (χ3v) is 3.56. The summed E-state index contributed by atoms with van der Waals surface area (Å²) >= 11 is 1.33. The van der Waals surface area contributed by atoms with E-state index in [1.807, 2.05) is 18.4 Å². The number of amides is 1. The van der Waals surface area contributed by atoms with Crippen LogP contribution in [0.2, 0.25) is 0 Å². The zero-order valence-corrected chi connectivity index (χ0v) is 11.8. The van der Waals surface area contributed by atoms with E-state index in [1.165, 1.54) is 16.2 Å². The molecular weight excluding hydrogens is 276 g/mol. The van der Waals surface area contributed by atoms with Crippen LogP contribution in [0.4, 0.5) is 5.82 Å². The van der Waals surface area contributed by atoms with E-state index in [-0.39, 0.29) is 18.9 Å². The van der Waals surface area contributed by atoms with Crippen LogP contribution in [0, 0.1) is 6.92 Å². The minimum atomic E-state index is -0.943. The molecule has 2 aromatic rings. The van der Waals surface area contributed by atoms with Gasteiger partial charge in [-0.3, -0.25) is 14.5 Å². The lowest BCUT2D eigenvalue weighted by atomic mass is 10.2. The molecule has 1 amide bonds. The van der Waals surface area contributed by atoms with Gasteiger partial charge in [-0.1, -0.05) is 6.07 Å². The zero-order chi connectivity index (χ0) is 14.5. The number of rotatable bonds is 5. The first-order valence-electron chi connectivity index (χ1n) is 6.08. The van der Waals surface area contributed by atoms with Crippen LogP contribution in [-0.2, 0) is 4.79 Å². The Balaban J connectivity index is 2.29. The number of hydrogen-bond donors (Lipinski definition) is 1. The standard InChI is InChI=1S/C14H14N2O3S/c1-10-4-6-15-12(9-10)16(7-5-13(17)18)14(19)11-3-2-8-20-11/h2-4,6,8-9H,5,7H2,1H3,(H,17,18). The Morgan fingerprint density at radius 3 is 2.80 bits per heavy atom. The molecule has 0 radical (unpaired) electrons. The fraction of sp³-hybridized carbons (Fsp3) is 0.214. The number of aromatic nitrogens is 1. The van der Waals surface area contributed by atoms with Crippen molar-refractivity contribution in [1.29, 1.82) is 0 Å². The number of pyridine rings is 1. The van der Waals surface area contributed by atoms with Crippen molar-refractivity contribution in [2.45, 2.75) is 13.3 Å². The van der Waals surface area contributed by atoms with Crippen LogP contribution in [0.5, 0.6) is 0 Å². The molecule has 0 saturated carbocycles. The van der Waals surface area contributed by atoms with E-state index >= 15 is 0 Å². The average Bonchev–Trinajstić information content (AvgIpc) is 2.92. The minimum Gasteiger partial charge on any atom is -0.481 e. The average molecular weight is 290 g/mol. The first-order valence-corrected chi connectivity index (χ1v) is 6.95. The number of carbonyl (C=O) groups excluding carboxylic acids is 1. The summed E-state index contributed by atoms with van der Waals surface area (Å²) in [4.78, 5) is 29.3. The lowest BCUT2D eigenvalue weighted by Gasteiger charge is -2.20. The molecule has 0 unspecified atom stereocenters. The number of carboxylic acid groups (broad SMARTS) is 1. The second kappa shape index (κ2) is 6.29. The third kappa shape index (κ3) is 3.42. The van der Waals surface area contributed by atoms with E-state index in [2.05, 4.69) is 4.98 Å². The van der Waals surface area contributed by atoms with Gasteiger partial charge in [-0.25, -0.2) is 4.98 Å². The second-order valence-corrected chi connectivity index (χ2v) is 5.22. The minimum absolute atomic E-state index is 0.0997. The summed E-state index contributed by atoms with van der Waals surface area (Å²) in [6, 6.07) is 7.11. The van der Waals surface area contributed by atoms with E-state index in [9.17, 15) is 9.59 Å². The maximum atomic E-state index is 12.4. The van der Waals surface area contributed by atoms with Crippen LogP contribution in [0.15, 0.2) is 35.8 Å². The maximum absolute atomic E-state index is 12.4. The van der Waals surface area contributed by atoms with Crippen molar-refractivity contribution in [1.82, 2.24) is 4.98 Å². The first-order chi connectivity index (χ1) is 9.58. The highest BCUT2D eigenvalue weighted by atomic mass is 32.1. The van der Waals surface area contributed by atoms with Crippen molar-refractivity contribution >= 4 is 29.0 Å². The van der Waals surface area contributed by atoms with E-state index in [0.717, 1.165) is 5.56 Å². The van der Waals surface area contributed by atoms with E-state index in [1.54, 1.807) is 24.4 Å². The number of anilines is 1. The van der Waals surface area contributed by atoms with Gasteiger partial charge in [-0.05, 0) is 36.1 Å². The molecule has 104 valence electrons. The first kappa shape index (κ1) is 14.2. The highest BCUT2D eigenvalue weighted by molar-refractivity contribution is 7.12. The number of carbonyl (C=O) groups is 2. The van der Waals surface area contributed by atoms with Crippen LogP contribution in [0.1, 0.15) is 21.7 Å². The van der Waals surface area contributed by atoms with Gasteiger partial charge < -0.3 is 5.11 Å². The Morgan fingerprint density at radius 2 is 2.20 bits per heavy atom. The number of nitrogens with zero attached hydrogens (tertiary/aromatic N) is 2. The van der Waals surface area contributed by atoms with Gasteiger partial charge in [0.05, 0.1) is 11.3 Å². The highest BCUT2D eigenvalue weighted by Gasteiger charge is 2.20. The third-order valence-electron chi connectivity index (χ3n) is 2.70. The number of aliphatic carboxylic acids is 1. The molecule has 0 aromatic carbocycles. The molecular formula is C14H14N2O3S. The van der Waals surface area contributed by atoms with E-state index in [4.69, 9.17) is 5.11 Å². The van der Waals surface area contributed by atoms with Crippen LogP contribution >= 0.6 is 11.3 Å². The van der Waals surface area contributed by atoms with Gasteiger partial charge in [0.15, 0.2) is 0 Å². The van der Waals surface area contributed by atoms with Crippen molar-refractivity contribution in [2.24, 2.45) is 0 Å². The summed E-state index contributed by atoms with van der Waals surface area (Å²) < 4.78 is 0. The van der Waals surface area contributed by atoms with E-state index < -0.39 is 5.97 Å². The number of aryl methyl sites for hydroxylation is 1. The molecule has 2 heterocycles. The highest BCUT2D eigenvalue weighted by Crippen LogP contribution is 2.19. The quantitative estimate of drug-likeness (QED) is 0.918. The second-order valence-electron chi connectivity index (χ2n) is 4.27. The number of carboxylic acids is 1. The molecule has 0 atom stereocenters. The van der Waals surface area contributed by atoms with Gasteiger partial charge in [0.25, 0.3) is 5.91 Å². The smallest absolute Gasteiger partial charge is 0.305 e. The Kier molecular flexibility index (Phi) is 4.47. The number of hydrogen-bond acceptors (Lipinski definition) is 4. The summed E-state index contributed by atoms with van der Waals surface area (Å²) in [5, 5.41) is 10.6. The zero-order valence-electron chi connectivity index (χ0n) is 10.9. The summed E-state index contributed by atoms with van der Waals surface area (Å²) in [5.74, 6) is -0.689. The topological polar surface area (TPSA) is 70.5 Å². The molecule has 0 bridgehead atoms. The van der Waals surface area contributed by atoms with Crippen LogP contribution in [-0.4, -0.2) is 28.5 Å². The van der Waals surface area contributed by atoms with Gasteiger partial charge in [-0.2, -0.15) is 0 Å². The molecule has 5 nitrogen and oxygen atoms in total. The predicted molar refractivity (Wildman–Crippen MR) is 77.2 cm³/mol. The number of thiophene rings is 1. The molecule has 20 heavy (non-hydrogen) atoms. The monoisotopic (exact) mass is 290 g/mol. The van der Waals surface area contributed by atoms with E-state index in [0.29, 0.717) is 10.7 Å². The van der Waals surface area contributed by atoms with Gasteiger partial charge in [-0.15, -0.1) is 11.3 Å². The molecule has 0 aliphatic carbocycles. The summed E-state index contributed by atoms with van der Waals surface area (Å²) in [6.07, 6.45) is 1.49. The molecule has 2 aromatic heterocycles. The Labute approximate surface area is 120 Å². The molecule has 6 heteroatoms. The lowest BCUT2D eigenvalue weighted by Crippen LogP contribution is -2.33. The molecule has 1 N–H and O–H groups in total. The molecule has 0 fully saturated rings. The Morgan fingerprint density at radius 1 is 1.40 bits per heavy atom. The summed E-state index contributed by atoms with van der Waals surface area (Å²) in [6.45, 7) is 2.00. The van der Waals surface area contributed by atoms with Crippen LogP contribution in [0.3, 0.4) is 0 Å². The predicted octanol–water partition coefficient (Wildman–Crippen LogP) is 2.57. The van der Waals surface area contributed by atoms with Gasteiger partial charge in [0.1, 0.15) is 5.82 Å². The lowest BCUT2D eigenvalue weighted by molar-refractivity contribution is -0.136. The van der Waals surface area contributed by atoms with Crippen molar-refractivity contribution in [3.8, 4) is 0 Å². The maximum Gasteiger partial charge on any atom is 0.305 e. The molecule has 2 rings (SSSR count). The molecule has 0 aliphatic rings. The van der Waals surface area contributed by atoms with Crippen molar-refractivity contribution in [3.05, 3.63) is 46.3 Å². The van der Waals surface area contributed by atoms with Gasteiger partial charge in [0.2, 0.25) is 0 Å². The fourth-order valence-electron chi connectivity index (χ4n) is 1.73. The van der Waals surface area contributed by atoms with Gasteiger partial charge in [0, 0.05) is 12.7 Å². The van der Waals surface area contributed by atoms with Crippen molar-refractivity contribution in [2.75, 3.05) is 11.4 Å². The van der Waals surface area contributed by atoms with Gasteiger partial charge >= 0.3 is 5.97 Å². The largest absolute Gasteiger partial charge is 0.481 e. The molecule has 0 spiro atoms. The molecule has 0 aliphatic heterocycles. The summed E-state index contributed by atoms with van der Waals surface area (Å²) in [7, 11) is 0. The fourth-order valence-corrected chi connectivity index (χ4v) is 2.40.